The molecule has 1 unspecified atom stereocenters. The number of nitrogens with two attached hydrogens (primary N) is 1. The summed E-state index contributed by atoms with van der Waals surface area (Å²) in [6.45, 7) is 3.73. The highest BCUT2D eigenvalue weighted by Crippen LogP contribution is 2.25. The first-order valence-electron chi connectivity index (χ1n) is 6.63. The Labute approximate surface area is 120 Å². The number of anilines is 1. The van der Waals surface area contributed by atoms with Crippen molar-refractivity contribution in [2.75, 3.05) is 11.9 Å². The summed E-state index contributed by atoms with van der Waals surface area (Å²) >= 11 is 0. The number of amides is 1. The van der Waals surface area contributed by atoms with Crippen molar-refractivity contribution in [1.29, 1.82) is 0 Å². The van der Waals surface area contributed by atoms with Gasteiger partial charge < -0.3 is 10.6 Å². The van der Waals surface area contributed by atoms with E-state index in [2.05, 4.69) is 0 Å². The molecule has 0 heterocycles. The Hall–Kier alpha value is -2.13. The molecule has 3 heteroatoms. The van der Waals surface area contributed by atoms with Crippen molar-refractivity contribution in [3.05, 3.63) is 65.7 Å². The molecule has 2 N–H and O–H groups in total. The van der Waals surface area contributed by atoms with Gasteiger partial charge in [0.15, 0.2) is 0 Å². The van der Waals surface area contributed by atoms with Crippen LogP contribution < -0.4 is 10.6 Å². The van der Waals surface area contributed by atoms with Crippen molar-refractivity contribution in [3.8, 4) is 0 Å². The quantitative estimate of drug-likeness (QED) is 0.930. The molecule has 0 aliphatic carbocycles. The summed E-state index contributed by atoms with van der Waals surface area (Å²) in [7, 11) is 1.76. The van der Waals surface area contributed by atoms with E-state index < -0.39 is 5.54 Å². The van der Waals surface area contributed by atoms with Gasteiger partial charge in [-0.25, -0.2) is 0 Å². The summed E-state index contributed by atoms with van der Waals surface area (Å²) in [4.78, 5) is 14.3. The Morgan fingerprint density at radius 3 is 2.20 bits per heavy atom. The summed E-state index contributed by atoms with van der Waals surface area (Å²) in [5.41, 5.74) is 7.97. The molecule has 0 fully saturated rings. The van der Waals surface area contributed by atoms with Gasteiger partial charge in [-0.15, -0.1) is 0 Å². The first-order chi connectivity index (χ1) is 9.44. The summed E-state index contributed by atoms with van der Waals surface area (Å²) in [6.07, 6.45) is 0. The number of hydrogen-bond donors (Lipinski definition) is 1. The Morgan fingerprint density at radius 2 is 1.60 bits per heavy atom. The second-order valence-electron chi connectivity index (χ2n) is 5.22. The third-order valence-electron chi connectivity index (χ3n) is 3.60. The van der Waals surface area contributed by atoms with Gasteiger partial charge in [0.25, 0.3) is 5.91 Å². The van der Waals surface area contributed by atoms with E-state index in [1.807, 2.05) is 61.5 Å². The van der Waals surface area contributed by atoms with Crippen molar-refractivity contribution in [3.63, 3.8) is 0 Å². The van der Waals surface area contributed by atoms with E-state index in [0.29, 0.717) is 0 Å². The van der Waals surface area contributed by atoms with Gasteiger partial charge in [0.05, 0.1) is 0 Å². The van der Waals surface area contributed by atoms with E-state index in [1.165, 1.54) is 0 Å². The Bertz CT molecular complexity index is 605. The summed E-state index contributed by atoms with van der Waals surface area (Å²) in [5, 5.41) is 0. The minimum atomic E-state index is -1.04. The molecule has 0 radical (unpaired) electrons. The van der Waals surface area contributed by atoms with Crippen LogP contribution in [0.3, 0.4) is 0 Å². The Balaban J connectivity index is 2.34. The van der Waals surface area contributed by atoms with E-state index in [1.54, 1.807) is 18.9 Å². The molecule has 2 aromatic rings. The number of likely N-dealkylation sites (N-methyl/N-ethyl adjacent to an activating group) is 1. The third-order valence-corrected chi connectivity index (χ3v) is 3.60. The first kappa shape index (κ1) is 14.3. The van der Waals surface area contributed by atoms with E-state index in [0.717, 1.165) is 16.8 Å². The zero-order valence-corrected chi connectivity index (χ0v) is 12.1. The van der Waals surface area contributed by atoms with Crippen molar-refractivity contribution in [2.24, 2.45) is 5.73 Å². The molecule has 104 valence electrons. The van der Waals surface area contributed by atoms with Crippen molar-refractivity contribution >= 4 is 11.6 Å². The largest absolute Gasteiger partial charge is 0.314 e. The zero-order valence-electron chi connectivity index (χ0n) is 12.1. The first-order valence-corrected chi connectivity index (χ1v) is 6.63. The van der Waals surface area contributed by atoms with Crippen LogP contribution in [0.2, 0.25) is 0 Å². The lowest BCUT2D eigenvalue weighted by molar-refractivity contribution is -0.123. The van der Waals surface area contributed by atoms with Gasteiger partial charge in [-0.2, -0.15) is 0 Å². The molecule has 20 heavy (non-hydrogen) atoms. The second kappa shape index (κ2) is 5.47. The summed E-state index contributed by atoms with van der Waals surface area (Å²) in [6, 6.07) is 17.2. The predicted octanol–water partition coefficient (Wildman–Crippen LogP) is 2.83. The van der Waals surface area contributed by atoms with Gasteiger partial charge in [-0.05, 0) is 31.0 Å². The topological polar surface area (TPSA) is 46.3 Å². The van der Waals surface area contributed by atoms with E-state index in [9.17, 15) is 4.79 Å². The van der Waals surface area contributed by atoms with Crippen LogP contribution in [-0.4, -0.2) is 13.0 Å². The maximum absolute atomic E-state index is 12.7. The molecule has 0 saturated carbocycles. The molecular formula is C17H20N2O. The molecule has 0 aliphatic rings. The number of carbonyl (C=O) groups excluding carboxylic acids is 1. The second-order valence-corrected chi connectivity index (χ2v) is 5.22. The minimum Gasteiger partial charge on any atom is -0.314 e. The minimum absolute atomic E-state index is 0.127. The number of aryl methyl sites for hydroxylation is 1. The molecule has 3 nitrogen and oxygen atoms in total. The third kappa shape index (κ3) is 2.58. The zero-order chi connectivity index (χ0) is 14.8. The molecule has 0 saturated heterocycles. The van der Waals surface area contributed by atoms with Crippen LogP contribution >= 0.6 is 0 Å². The standard InChI is InChI=1S/C17H20N2O/c1-13-9-7-8-12-15(13)19(3)16(20)17(2,18)14-10-5-4-6-11-14/h4-12H,18H2,1-3H3. The summed E-state index contributed by atoms with van der Waals surface area (Å²) in [5.74, 6) is -0.127. The van der Waals surface area contributed by atoms with Gasteiger partial charge in [0.2, 0.25) is 0 Å². The van der Waals surface area contributed by atoms with E-state index in [-0.39, 0.29) is 5.91 Å². The van der Waals surface area contributed by atoms with Crippen molar-refractivity contribution in [2.45, 2.75) is 19.4 Å². The fourth-order valence-corrected chi connectivity index (χ4v) is 2.31. The van der Waals surface area contributed by atoms with Crippen LogP contribution in [0, 0.1) is 6.92 Å². The number of nitrogens with zero attached hydrogens (tertiary/aromatic N) is 1. The lowest BCUT2D eigenvalue weighted by Gasteiger charge is -2.30. The number of para-hydroxylation sites is 1. The van der Waals surface area contributed by atoms with Gasteiger partial charge >= 0.3 is 0 Å². The lowest BCUT2D eigenvalue weighted by Crippen LogP contribution is -2.50. The van der Waals surface area contributed by atoms with Crippen LogP contribution in [0.15, 0.2) is 54.6 Å². The number of benzene rings is 2. The maximum atomic E-state index is 12.7. The Kier molecular flexibility index (Phi) is 3.91. The molecule has 2 rings (SSSR count). The number of carbonyl (C=O) groups is 1. The maximum Gasteiger partial charge on any atom is 0.251 e. The monoisotopic (exact) mass is 268 g/mol. The number of rotatable bonds is 3. The molecule has 1 atom stereocenters. The van der Waals surface area contributed by atoms with Crippen LogP contribution in [-0.2, 0) is 10.3 Å². The molecule has 0 aliphatic heterocycles. The molecule has 0 aromatic heterocycles. The average Bonchev–Trinajstić information content (AvgIpc) is 2.47. The summed E-state index contributed by atoms with van der Waals surface area (Å²) < 4.78 is 0. The molecular weight excluding hydrogens is 248 g/mol. The van der Waals surface area contributed by atoms with Gasteiger partial charge in [-0.1, -0.05) is 48.5 Å². The lowest BCUT2D eigenvalue weighted by atomic mass is 9.91. The molecule has 1 amide bonds. The van der Waals surface area contributed by atoms with Crippen LogP contribution in [0.25, 0.3) is 0 Å². The highest BCUT2D eigenvalue weighted by molar-refractivity contribution is 6.00. The van der Waals surface area contributed by atoms with Crippen LogP contribution in [0.1, 0.15) is 18.1 Å². The van der Waals surface area contributed by atoms with Crippen molar-refractivity contribution < 1.29 is 4.79 Å². The smallest absolute Gasteiger partial charge is 0.251 e. The van der Waals surface area contributed by atoms with E-state index in [4.69, 9.17) is 5.73 Å². The highest BCUT2D eigenvalue weighted by atomic mass is 16.2. The van der Waals surface area contributed by atoms with Crippen LogP contribution in [0.5, 0.6) is 0 Å². The Morgan fingerprint density at radius 1 is 1.05 bits per heavy atom. The van der Waals surface area contributed by atoms with Crippen molar-refractivity contribution in [1.82, 2.24) is 0 Å². The molecule has 0 spiro atoms. The SMILES string of the molecule is Cc1ccccc1N(C)C(=O)C(C)(N)c1ccccc1. The number of hydrogen-bond acceptors (Lipinski definition) is 2. The van der Waals surface area contributed by atoms with Gasteiger partial charge in [0, 0.05) is 12.7 Å². The average molecular weight is 268 g/mol. The predicted molar refractivity (Wildman–Crippen MR) is 82.6 cm³/mol. The normalized spacial score (nSPS) is 13.6. The molecule has 2 aromatic carbocycles. The van der Waals surface area contributed by atoms with Crippen LogP contribution in [0.4, 0.5) is 5.69 Å². The highest BCUT2D eigenvalue weighted by Gasteiger charge is 2.33. The van der Waals surface area contributed by atoms with Gasteiger partial charge in [0.1, 0.15) is 5.54 Å². The van der Waals surface area contributed by atoms with E-state index >= 15 is 0 Å². The van der Waals surface area contributed by atoms with Gasteiger partial charge in [-0.3, -0.25) is 4.79 Å². The molecule has 0 bridgehead atoms. The fourth-order valence-electron chi connectivity index (χ4n) is 2.31. The fraction of sp³-hybridized carbons (Fsp3) is 0.235.